The topological polar surface area (TPSA) is 46.2 Å². The predicted molar refractivity (Wildman–Crippen MR) is 65.3 cm³/mol. The molecule has 0 radical (unpaired) electrons. The summed E-state index contributed by atoms with van der Waals surface area (Å²) in [5.74, 6) is 0.661. The number of hydrogen-bond acceptors (Lipinski definition) is 3. The van der Waals surface area contributed by atoms with E-state index in [9.17, 15) is 0 Å². The van der Waals surface area contributed by atoms with Gasteiger partial charge in [0.2, 0.25) is 0 Å². The van der Waals surface area contributed by atoms with Crippen LogP contribution in [-0.2, 0) is 4.74 Å². The molecule has 0 fully saturated rings. The smallest absolute Gasteiger partial charge is 0.172 e. The van der Waals surface area contributed by atoms with Gasteiger partial charge in [-0.05, 0) is 24.4 Å². The molecule has 0 aliphatic carbocycles. The lowest BCUT2D eigenvalue weighted by atomic mass is 10.4. The fourth-order valence-corrected chi connectivity index (χ4v) is 1.20. The van der Waals surface area contributed by atoms with Crippen molar-refractivity contribution in [2.24, 2.45) is 0 Å². The van der Waals surface area contributed by atoms with Crippen LogP contribution in [0.25, 0.3) is 0 Å². The zero-order valence-corrected chi connectivity index (χ0v) is 9.86. The van der Waals surface area contributed by atoms with E-state index in [0.29, 0.717) is 29.1 Å². The molecule has 0 spiro atoms. The van der Waals surface area contributed by atoms with E-state index in [4.69, 9.17) is 28.6 Å². The molecule has 0 aromatic carbocycles. The monoisotopic (exact) mass is 245 g/mol. The highest BCUT2D eigenvalue weighted by Crippen LogP contribution is 2.08. The van der Waals surface area contributed by atoms with Crippen molar-refractivity contribution in [1.82, 2.24) is 10.3 Å². The zero-order valence-electron chi connectivity index (χ0n) is 8.29. The Bertz CT molecular complexity index is 318. The van der Waals surface area contributed by atoms with Crippen LogP contribution < -0.4 is 10.6 Å². The number of ether oxygens (including phenoxy) is 1. The van der Waals surface area contributed by atoms with Crippen molar-refractivity contribution in [2.75, 3.05) is 25.6 Å². The average molecular weight is 246 g/mol. The molecule has 0 aliphatic rings. The second-order valence-electron chi connectivity index (χ2n) is 2.74. The second-order valence-corrected chi connectivity index (χ2v) is 3.58. The normalized spacial score (nSPS) is 9.73. The van der Waals surface area contributed by atoms with Crippen LogP contribution in [0.1, 0.15) is 0 Å². The van der Waals surface area contributed by atoms with Gasteiger partial charge in [-0.15, -0.1) is 0 Å². The predicted octanol–water partition coefficient (Wildman–Crippen LogP) is 1.67. The van der Waals surface area contributed by atoms with Crippen LogP contribution in [0.2, 0.25) is 5.02 Å². The van der Waals surface area contributed by atoms with Crippen molar-refractivity contribution in [3.05, 3.63) is 23.4 Å². The molecule has 1 aromatic rings. The number of halogens is 1. The summed E-state index contributed by atoms with van der Waals surface area (Å²) in [6, 6.07) is 3.50. The number of anilines is 1. The molecular weight excluding hydrogens is 234 g/mol. The third-order valence-corrected chi connectivity index (χ3v) is 2.03. The van der Waals surface area contributed by atoms with E-state index in [0.717, 1.165) is 0 Å². The molecule has 82 valence electrons. The minimum atomic E-state index is 0.516. The van der Waals surface area contributed by atoms with E-state index in [1.54, 1.807) is 25.4 Å². The number of methoxy groups -OCH3 is 1. The molecule has 2 N–H and O–H groups in total. The SMILES string of the molecule is COCCNC(=S)Nc1ccc(Cl)cn1. The van der Waals surface area contributed by atoms with Gasteiger partial charge in [0.25, 0.3) is 0 Å². The summed E-state index contributed by atoms with van der Waals surface area (Å²) < 4.78 is 4.88. The molecule has 0 atom stereocenters. The van der Waals surface area contributed by atoms with E-state index in [1.165, 1.54) is 0 Å². The third-order valence-electron chi connectivity index (χ3n) is 1.56. The lowest BCUT2D eigenvalue weighted by Gasteiger charge is -2.08. The molecule has 0 bridgehead atoms. The molecule has 0 aliphatic heterocycles. The number of pyridine rings is 1. The van der Waals surface area contributed by atoms with Gasteiger partial charge in [0, 0.05) is 19.9 Å². The van der Waals surface area contributed by atoms with E-state index < -0.39 is 0 Å². The number of nitrogens with one attached hydrogen (secondary N) is 2. The lowest BCUT2D eigenvalue weighted by Crippen LogP contribution is -2.31. The van der Waals surface area contributed by atoms with Crippen LogP contribution in [0.4, 0.5) is 5.82 Å². The van der Waals surface area contributed by atoms with E-state index in [1.807, 2.05) is 0 Å². The van der Waals surface area contributed by atoms with Gasteiger partial charge in [-0.2, -0.15) is 0 Å². The van der Waals surface area contributed by atoms with Gasteiger partial charge in [0.15, 0.2) is 5.11 Å². The van der Waals surface area contributed by atoms with E-state index in [2.05, 4.69) is 15.6 Å². The standard InChI is InChI=1S/C9H12ClN3OS/c1-14-5-4-11-9(15)13-8-3-2-7(10)6-12-8/h2-3,6H,4-5H2,1H3,(H2,11,12,13,15). The highest BCUT2D eigenvalue weighted by Gasteiger charge is 1.97. The quantitative estimate of drug-likeness (QED) is 0.624. The zero-order chi connectivity index (χ0) is 11.1. The van der Waals surface area contributed by atoms with E-state index in [-0.39, 0.29) is 0 Å². The Morgan fingerprint density at radius 1 is 1.60 bits per heavy atom. The number of aromatic nitrogens is 1. The fourth-order valence-electron chi connectivity index (χ4n) is 0.877. The molecule has 0 amide bonds. The number of rotatable bonds is 4. The van der Waals surface area contributed by atoms with Crippen molar-refractivity contribution >= 4 is 34.7 Å². The van der Waals surface area contributed by atoms with Gasteiger partial charge in [-0.3, -0.25) is 0 Å². The summed E-state index contributed by atoms with van der Waals surface area (Å²) in [7, 11) is 1.64. The molecule has 1 rings (SSSR count). The van der Waals surface area contributed by atoms with Crippen molar-refractivity contribution in [2.45, 2.75) is 0 Å². The summed E-state index contributed by atoms with van der Waals surface area (Å²) in [5, 5.41) is 7.00. The maximum Gasteiger partial charge on any atom is 0.172 e. The van der Waals surface area contributed by atoms with Crippen LogP contribution in [0.15, 0.2) is 18.3 Å². The van der Waals surface area contributed by atoms with Gasteiger partial charge in [-0.1, -0.05) is 11.6 Å². The summed E-state index contributed by atoms with van der Waals surface area (Å²) >= 11 is 10.7. The summed E-state index contributed by atoms with van der Waals surface area (Å²) in [6.07, 6.45) is 1.56. The molecule has 0 unspecified atom stereocenters. The Morgan fingerprint density at radius 2 is 2.40 bits per heavy atom. The largest absolute Gasteiger partial charge is 0.383 e. The molecule has 15 heavy (non-hydrogen) atoms. The van der Waals surface area contributed by atoms with Gasteiger partial charge < -0.3 is 15.4 Å². The van der Waals surface area contributed by atoms with Gasteiger partial charge in [0.05, 0.1) is 11.6 Å². The maximum atomic E-state index is 5.70. The minimum absolute atomic E-state index is 0.516. The Morgan fingerprint density at radius 3 is 3.00 bits per heavy atom. The molecule has 1 heterocycles. The third kappa shape index (κ3) is 4.92. The Labute approximate surface area is 99.0 Å². The highest BCUT2D eigenvalue weighted by molar-refractivity contribution is 7.80. The number of thiocarbonyl (C=S) groups is 1. The van der Waals surface area contributed by atoms with Gasteiger partial charge in [-0.25, -0.2) is 4.98 Å². The minimum Gasteiger partial charge on any atom is -0.383 e. The average Bonchev–Trinajstić information content (AvgIpc) is 2.22. The summed E-state index contributed by atoms with van der Waals surface area (Å²) in [6.45, 7) is 1.27. The molecule has 0 saturated carbocycles. The Hall–Kier alpha value is -0.910. The number of hydrogen-bond donors (Lipinski definition) is 2. The van der Waals surface area contributed by atoms with Crippen molar-refractivity contribution in [1.29, 1.82) is 0 Å². The molecular formula is C9H12ClN3OS. The van der Waals surface area contributed by atoms with Crippen LogP contribution >= 0.6 is 23.8 Å². The second kappa shape index (κ2) is 6.55. The van der Waals surface area contributed by atoms with Gasteiger partial charge in [0.1, 0.15) is 5.82 Å². The fraction of sp³-hybridized carbons (Fsp3) is 0.333. The molecule has 6 heteroatoms. The van der Waals surface area contributed by atoms with Crippen LogP contribution in [-0.4, -0.2) is 30.4 Å². The summed E-state index contributed by atoms with van der Waals surface area (Å²) in [5.41, 5.74) is 0. The lowest BCUT2D eigenvalue weighted by molar-refractivity contribution is 0.204. The van der Waals surface area contributed by atoms with Crippen molar-refractivity contribution < 1.29 is 4.74 Å². The van der Waals surface area contributed by atoms with Crippen molar-refractivity contribution in [3.8, 4) is 0 Å². The van der Waals surface area contributed by atoms with Crippen LogP contribution in [0.5, 0.6) is 0 Å². The maximum absolute atomic E-state index is 5.70. The summed E-state index contributed by atoms with van der Waals surface area (Å²) in [4.78, 5) is 4.04. The first-order chi connectivity index (χ1) is 7.22. The van der Waals surface area contributed by atoms with E-state index >= 15 is 0 Å². The molecule has 0 saturated heterocycles. The highest BCUT2D eigenvalue weighted by atomic mass is 35.5. The first kappa shape index (κ1) is 12.2. The molecule has 1 aromatic heterocycles. The Kier molecular flexibility index (Phi) is 5.31. The van der Waals surface area contributed by atoms with Crippen LogP contribution in [0.3, 0.4) is 0 Å². The Balaban J connectivity index is 2.34. The van der Waals surface area contributed by atoms with Gasteiger partial charge >= 0.3 is 0 Å². The number of nitrogens with zero attached hydrogens (tertiary/aromatic N) is 1. The van der Waals surface area contributed by atoms with Crippen molar-refractivity contribution in [3.63, 3.8) is 0 Å². The molecule has 4 nitrogen and oxygen atoms in total. The van der Waals surface area contributed by atoms with Crippen LogP contribution in [0, 0.1) is 0 Å². The first-order valence-electron chi connectivity index (χ1n) is 4.37. The first-order valence-corrected chi connectivity index (χ1v) is 5.16.